The molecule has 0 aromatic carbocycles. The van der Waals surface area contributed by atoms with Crippen molar-refractivity contribution in [2.45, 2.75) is 94.4 Å². The predicted octanol–water partition coefficient (Wildman–Crippen LogP) is 4.39. The van der Waals surface area contributed by atoms with E-state index in [0.29, 0.717) is 0 Å². The average molecular weight is 582 g/mol. The highest BCUT2D eigenvalue weighted by Gasteiger charge is 2.63. The van der Waals surface area contributed by atoms with Crippen LogP contribution in [0.4, 0.5) is 35.1 Å². The van der Waals surface area contributed by atoms with Crippen LogP contribution in [0.1, 0.15) is 52.9 Å². The van der Waals surface area contributed by atoms with Crippen LogP contribution in [0.15, 0.2) is 12.2 Å². The minimum absolute atomic E-state index is 0.0855. The van der Waals surface area contributed by atoms with Gasteiger partial charge < -0.3 is 18.9 Å². The lowest BCUT2D eigenvalue weighted by Gasteiger charge is -2.49. The summed E-state index contributed by atoms with van der Waals surface area (Å²) in [4.78, 5) is 47.6. The van der Waals surface area contributed by atoms with Gasteiger partial charge in [0.2, 0.25) is 0 Å². The largest absolute Gasteiger partial charge is 0.458 e. The van der Waals surface area contributed by atoms with Crippen molar-refractivity contribution in [3.63, 3.8) is 0 Å². The van der Waals surface area contributed by atoms with Crippen molar-refractivity contribution in [1.82, 2.24) is 0 Å². The van der Waals surface area contributed by atoms with Gasteiger partial charge in [0.05, 0.1) is 0 Å². The zero-order valence-corrected chi connectivity index (χ0v) is 21.0. The first-order valence-corrected chi connectivity index (χ1v) is 11.5. The summed E-state index contributed by atoms with van der Waals surface area (Å²) in [6, 6.07) is 0. The first-order valence-electron chi connectivity index (χ1n) is 11.5. The first kappa shape index (κ1) is 32.3. The van der Waals surface area contributed by atoms with Crippen molar-refractivity contribution >= 4 is 23.9 Å². The molecule has 0 saturated heterocycles. The fraction of sp³-hybridized carbons (Fsp3) is 0.739. The lowest BCUT2D eigenvalue weighted by atomic mass is 9.67. The van der Waals surface area contributed by atoms with Crippen LogP contribution in [-0.2, 0) is 38.1 Å². The average Bonchev–Trinajstić information content (AvgIpc) is 2.74. The molecule has 2 aliphatic rings. The van der Waals surface area contributed by atoms with E-state index in [4.69, 9.17) is 4.74 Å². The van der Waals surface area contributed by atoms with Gasteiger partial charge in [0.1, 0.15) is 17.8 Å². The van der Waals surface area contributed by atoms with E-state index >= 15 is 0 Å². The molecule has 222 valence electrons. The number of fused-ring (bicyclic) bond motifs is 2. The number of carbonyl (C=O) groups is 4. The lowest BCUT2D eigenvalue weighted by Crippen LogP contribution is -2.55. The van der Waals surface area contributed by atoms with Gasteiger partial charge in [-0.15, -0.1) is 0 Å². The number of halogens is 8. The van der Waals surface area contributed by atoms with Gasteiger partial charge >= 0.3 is 47.6 Å². The molecule has 0 radical (unpaired) electrons. The highest BCUT2D eigenvalue weighted by atomic mass is 19.3. The van der Waals surface area contributed by atoms with Gasteiger partial charge in [-0.25, -0.2) is 19.2 Å². The van der Waals surface area contributed by atoms with Crippen LogP contribution in [0, 0.1) is 5.92 Å². The third-order valence-corrected chi connectivity index (χ3v) is 6.22. The first-order chi connectivity index (χ1) is 17.5. The van der Waals surface area contributed by atoms with Crippen LogP contribution in [0.25, 0.3) is 0 Å². The van der Waals surface area contributed by atoms with Crippen molar-refractivity contribution < 1.29 is 73.2 Å². The molecule has 2 unspecified atom stereocenters. The lowest BCUT2D eigenvalue weighted by molar-refractivity contribution is -0.238. The summed E-state index contributed by atoms with van der Waals surface area (Å²) in [5.41, 5.74) is -1.96. The van der Waals surface area contributed by atoms with Gasteiger partial charge in [0.15, 0.2) is 6.61 Å². The molecule has 2 rings (SSSR count). The van der Waals surface area contributed by atoms with Gasteiger partial charge in [-0.05, 0) is 32.1 Å². The Bertz CT molecular complexity index is 949. The number of ether oxygens (including phenoxy) is 4. The van der Waals surface area contributed by atoms with Gasteiger partial charge in [-0.2, -0.15) is 35.1 Å². The van der Waals surface area contributed by atoms with Crippen LogP contribution in [-0.4, -0.2) is 72.0 Å². The van der Waals surface area contributed by atoms with E-state index in [9.17, 15) is 54.3 Å². The van der Waals surface area contributed by atoms with Crippen molar-refractivity contribution in [2.24, 2.45) is 5.92 Å². The number of hydrogen-bond donors (Lipinski definition) is 0. The van der Waals surface area contributed by atoms with Crippen LogP contribution in [0.3, 0.4) is 0 Å². The Hall–Kier alpha value is -2.94. The van der Waals surface area contributed by atoms with Gasteiger partial charge in [-0.3, -0.25) is 0 Å². The third kappa shape index (κ3) is 7.38. The summed E-state index contributed by atoms with van der Waals surface area (Å²) in [5.74, 6) is -28.2. The van der Waals surface area contributed by atoms with Crippen molar-refractivity contribution in [2.75, 3.05) is 6.61 Å². The minimum atomic E-state index is -5.21. The smallest absolute Gasteiger partial charge is 0.404 e. The Morgan fingerprint density at radius 3 is 1.56 bits per heavy atom. The number of esters is 4. The van der Waals surface area contributed by atoms with Crippen LogP contribution in [0.5, 0.6) is 0 Å². The van der Waals surface area contributed by atoms with Crippen LogP contribution >= 0.6 is 0 Å². The second-order valence-electron chi connectivity index (χ2n) is 9.94. The molecule has 0 aromatic rings. The molecule has 0 aliphatic heterocycles. The van der Waals surface area contributed by atoms with E-state index in [1.54, 1.807) is 0 Å². The topological polar surface area (TPSA) is 105 Å². The molecule has 16 heteroatoms. The highest BCUT2D eigenvalue weighted by Crippen LogP contribution is 2.48. The van der Waals surface area contributed by atoms with E-state index in [1.165, 1.54) is 6.92 Å². The summed E-state index contributed by atoms with van der Waals surface area (Å²) in [6.45, 7) is 3.17. The molecule has 0 aromatic heterocycles. The maximum absolute atomic E-state index is 13.8. The van der Waals surface area contributed by atoms with Crippen molar-refractivity contribution in [3.8, 4) is 0 Å². The molecule has 2 aliphatic carbocycles. The Morgan fingerprint density at radius 1 is 0.795 bits per heavy atom. The molecular formula is C23H26F8O8. The summed E-state index contributed by atoms with van der Waals surface area (Å²) >= 11 is 0. The quantitative estimate of drug-likeness (QED) is 0.162. The van der Waals surface area contributed by atoms with Gasteiger partial charge in [-0.1, -0.05) is 6.58 Å². The fourth-order valence-electron chi connectivity index (χ4n) is 4.41. The molecule has 2 fully saturated rings. The minimum Gasteiger partial charge on any atom is -0.458 e. The summed E-state index contributed by atoms with van der Waals surface area (Å²) in [5, 5.41) is 0. The Morgan fingerprint density at radius 2 is 1.21 bits per heavy atom. The predicted molar refractivity (Wildman–Crippen MR) is 112 cm³/mol. The zero-order chi connectivity index (χ0) is 30.2. The zero-order valence-electron chi connectivity index (χ0n) is 21.0. The third-order valence-electron chi connectivity index (χ3n) is 6.22. The van der Waals surface area contributed by atoms with Crippen molar-refractivity contribution in [1.29, 1.82) is 0 Å². The summed E-state index contributed by atoms with van der Waals surface area (Å²) < 4.78 is 127. The molecule has 2 saturated carbocycles. The number of alkyl halides is 8. The van der Waals surface area contributed by atoms with E-state index in [2.05, 4.69) is 20.8 Å². The second kappa shape index (κ2) is 10.9. The Labute approximate surface area is 216 Å². The number of carbonyl (C=O) groups excluding carboxylic acids is 4. The SMILES string of the molecule is C=C(C)C(=O)OCC(=O)OC12CC(CC(OC(=O)C(F)(F)C(C)(F)F)C1)CC(OC(=O)C(F)(F)C(C)(F)F)C2. The number of rotatable bonds is 10. The molecule has 8 nitrogen and oxygen atoms in total. The maximum atomic E-state index is 13.8. The second-order valence-corrected chi connectivity index (χ2v) is 9.94. The molecule has 0 spiro atoms. The van der Waals surface area contributed by atoms with Crippen LogP contribution in [0.2, 0.25) is 0 Å². The highest BCUT2D eigenvalue weighted by molar-refractivity contribution is 5.88. The maximum Gasteiger partial charge on any atom is 0.404 e. The molecule has 0 N–H and O–H groups in total. The molecule has 0 heterocycles. The summed E-state index contributed by atoms with van der Waals surface area (Å²) in [6.07, 6.45) is -5.09. The molecule has 39 heavy (non-hydrogen) atoms. The Balaban J connectivity index is 2.27. The van der Waals surface area contributed by atoms with E-state index in [1.807, 2.05) is 0 Å². The standard InChI is InChI=1S/C23H26F8O8/c1-11(2)16(33)36-10-15(32)39-21-7-12(5-13(8-21)37-17(34)22(28,29)19(3,24)25)6-14(9-21)38-18(35)23(30,31)20(4,26)27/h12-14H,1,5-10H2,2-4H3. The van der Waals surface area contributed by atoms with E-state index in [0.717, 1.165) is 0 Å². The molecule has 0 amide bonds. The fourth-order valence-corrected chi connectivity index (χ4v) is 4.41. The molecule has 2 atom stereocenters. The number of hydrogen-bond acceptors (Lipinski definition) is 8. The van der Waals surface area contributed by atoms with Gasteiger partial charge in [0.25, 0.3) is 0 Å². The normalized spacial score (nSPS) is 25.8. The van der Waals surface area contributed by atoms with E-state index in [-0.39, 0.29) is 38.7 Å². The van der Waals surface area contributed by atoms with Gasteiger partial charge in [0, 0.05) is 32.3 Å². The van der Waals surface area contributed by atoms with Crippen molar-refractivity contribution in [3.05, 3.63) is 12.2 Å². The summed E-state index contributed by atoms with van der Waals surface area (Å²) in [7, 11) is 0. The van der Waals surface area contributed by atoms with Crippen LogP contribution < -0.4 is 0 Å². The molecule has 2 bridgehead atoms. The Kier molecular flexibility index (Phi) is 9.03. The molecular weight excluding hydrogens is 556 g/mol. The monoisotopic (exact) mass is 582 g/mol. The van der Waals surface area contributed by atoms with E-state index < -0.39 is 90.7 Å².